The predicted octanol–water partition coefficient (Wildman–Crippen LogP) is 3.28. The molecule has 1 heterocycles. The van der Waals surface area contributed by atoms with Gasteiger partial charge in [0.15, 0.2) is 0 Å². The Morgan fingerprint density at radius 1 is 1.00 bits per heavy atom. The third-order valence-corrected chi connectivity index (χ3v) is 5.08. The zero-order chi connectivity index (χ0) is 12.8. The molecule has 106 valence electrons. The Balaban J connectivity index is 1.54. The first kappa shape index (κ1) is 14.3. The summed E-state index contributed by atoms with van der Waals surface area (Å²) in [5.74, 6) is 0.828. The van der Waals surface area contributed by atoms with Gasteiger partial charge >= 0.3 is 0 Å². The van der Waals surface area contributed by atoms with Gasteiger partial charge in [-0.3, -0.25) is 0 Å². The second-order valence-electron chi connectivity index (χ2n) is 6.98. The van der Waals surface area contributed by atoms with Crippen LogP contribution in [0.3, 0.4) is 0 Å². The van der Waals surface area contributed by atoms with E-state index in [2.05, 4.69) is 24.1 Å². The monoisotopic (exact) mass is 252 g/mol. The molecule has 2 aliphatic rings. The largest absolute Gasteiger partial charge is 0.315 e. The molecule has 1 saturated heterocycles. The standard InChI is InChI=1S/C16H32N2/c1-15(2)5-10-17-11-14-18-12-8-16(9-13-18)6-3-4-7-16/h15,17H,3-14H2,1-2H3. The van der Waals surface area contributed by atoms with E-state index in [4.69, 9.17) is 0 Å². The molecule has 2 heteroatoms. The number of hydrogen-bond donors (Lipinski definition) is 1. The number of rotatable bonds is 6. The van der Waals surface area contributed by atoms with Gasteiger partial charge in [0, 0.05) is 13.1 Å². The quantitative estimate of drug-likeness (QED) is 0.730. The number of piperidine rings is 1. The van der Waals surface area contributed by atoms with Gasteiger partial charge in [0.05, 0.1) is 0 Å². The van der Waals surface area contributed by atoms with Crippen LogP contribution in [-0.2, 0) is 0 Å². The van der Waals surface area contributed by atoms with Crippen LogP contribution in [0.5, 0.6) is 0 Å². The Labute approximate surface area is 114 Å². The van der Waals surface area contributed by atoms with Gasteiger partial charge in [0.25, 0.3) is 0 Å². The van der Waals surface area contributed by atoms with Crippen LogP contribution in [0.25, 0.3) is 0 Å². The Hall–Kier alpha value is -0.0800. The summed E-state index contributed by atoms with van der Waals surface area (Å²) >= 11 is 0. The number of likely N-dealkylation sites (tertiary alicyclic amines) is 1. The van der Waals surface area contributed by atoms with Gasteiger partial charge in [-0.1, -0.05) is 26.7 Å². The molecular formula is C16H32N2. The Kier molecular flexibility index (Phi) is 5.50. The van der Waals surface area contributed by atoms with E-state index >= 15 is 0 Å². The third-order valence-electron chi connectivity index (χ3n) is 5.08. The third kappa shape index (κ3) is 4.24. The summed E-state index contributed by atoms with van der Waals surface area (Å²) in [6, 6.07) is 0. The van der Waals surface area contributed by atoms with Crippen molar-refractivity contribution in [1.29, 1.82) is 0 Å². The fraction of sp³-hybridized carbons (Fsp3) is 1.00. The maximum absolute atomic E-state index is 3.58. The van der Waals surface area contributed by atoms with E-state index in [-0.39, 0.29) is 0 Å². The molecule has 1 N–H and O–H groups in total. The van der Waals surface area contributed by atoms with Gasteiger partial charge in [0.2, 0.25) is 0 Å². The number of nitrogens with zero attached hydrogens (tertiary/aromatic N) is 1. The molecule has 0 bridgehead atoms. The first-order valence-corrected chi connectivity index (χ1v) is 8.13. The molecule has 0 atom stereocenters. The van der Waals surface area contributed by atoms with Crippen LogP contribution in [0.4, 0.5) is 0 Å². The molecule has 0 aromatic rings. The first-order chi connectivity index (χ1) is 8.70. The minimum Gasteiger partial charge on any atom is -0.315 e. The summed E-state index contributed by atoms with van der Waals surface area (Å²) in [6.45, 7) is 10.9. The van der Waals surface area contributed by atoms with Crippen LogP contribution in [0.15, 0.2) is 0 Å². The second kappa shape index (κ2) is 6.91. The summed E-state index contributed by atoms with van der Waals surface area (Å²) in [5.41, 5.74) is 0.779. The molecular weight excluding hydrogens is 220 g/mol. The molecule has 0 aromatic carbocycles. The van der Waals surface area contributed by atoms with Crippen molar-refractivity contribution in [3.8, 4) is 0 Å². The van der Waals surface area contributed by atoms with Crippen molar-refractivity contribution in [3.63, 3.8) is 0 Å². The topological polar surface area (TPSA) is 15.3 Å². The average molecular weight is 252 g/mol. The van der Waals surface area contributed by atoms with Crippen molar-refractivity contribution in [2.75, 3.05) is 32.7 Å². The molecule has 1 aliphatic carbocycles. The Morgan fingerprint density at radius 2 is 1.67 bits per heavy atom. The first-order valence-electron chi connectivity index (χ1n) is 8.13. The molecule has 18 heavy (non-hydrogen) atoms. The molecule has 0 aromatic heterocycles. The lowest BCUT2D eigenvalue weighted by molar-refractivity contribution is 0.109. The molecule has 1 aliphatic heterocycles. The van der Waals surface area contributed by atoms with Crippen LogP contribution < -0.4 is 5.32 Å². The Morgan fingerprint density at radius 3 is 2.28 bits per heavy atom. The summed E-state index contributed by atoms with van der Waals surface area (Å²) in [6.07, 6.45) is 10.3. The molecule has 2 fully saturated rings. The van der Waals surface area contributed by atoms with Crippen molar-refractivity contribution in [2.24, 2.45) is 11.3 Å². The Bertz CT molecular complexity index is 221. The van der Waals surface area contributed by atoms with Crippen LogP contribution in [0.1, 0.15) is 58.8 Å². The minimum absolute atomic E-state index is 0.779. The number of hydrogen-bond acceptors (Lipinski definition) is 2. The van der Waals surface area contributed by atoms with Crippen molar-refractivity contribution in [2.45, 2.75) is 58.8 Å². The van der Waals surface area contributed by atoms with Crippen molar-refractivity contribution >= 4 is 0 Å². The van der Waals surface area contributed by atoms with Crippen LogP contribution in [0, 0.1) is 11.3 Å². The van der Waals surface area contributed by atoms with E-state index < -0.39 is 0 Å². The molecule has 1 spiro atoms. The fourth-order valence-corrected chi connectivity index (χ4v) is 3.63. The highest BCUT2D eigenvalue weighted by molar-refractivity contribution is 4.89. The lowest BCUT2D eigenvalue weighted by atomic mass is 9.77. The highest BCUT2D eigenvalue weighted by atomic mass is 15.1. The molecule has 2 rings (SSSR count). The van der Waals surface area contributed by atoms with Crippen LogP contribution in [-0.4, -0.2) is 37.6 Å². The molecule has 0 amide bonds. The van der Waals surface area contributed by atoms with Gasteiger partial charge < -0.3 is 10.2 Å². The van der Waals surface area contributed by atoms with Gasteiger partial charge in [-0.15, -0.1) is 0 Å². The lowest BCUT2D eigenvalue weighted by Gasteiger charge is -2.39. The van der Waals surface area contributed by atoms with Gasteiger partial charge in [-0.2, -0.15) is 0 Å². The summed E-state index contributed by atoms with van der Waals surface area (Å²) in [5, 5.41) is 3.58. The molecule has 1 saturated carbocycles. The summed E-state index contributed by atoms with van der Waals surface area (Å²) in [4.78, 5) is 2.67. The van der Waals surface area contributed by atoms with Gasteiger partial charge in [0.1, 0.15) is 0 Å². The zero-order valence-corrected chi connectivity index (χ0v) is 12.5. The maximum Gasteiger partial charge on any atom is 0.0107 e. The van der Waals surface area contributed by atoms with E-state index in [1.54, 1.807) is 0 Å². The van der Waals surface area contributed by atoms with E-state index in [1.807, 2.05) is 0 Å². The maximum atomic E-state index is 3.58. The second-order valence-corrected chi connectivity index (χ2v) is 6.98. The normalized spacial score (nSPS) is 24.2. The van der Waals surface area contributed by atoms with E-state index in [0.29, 0.717) is 0 Å². The molecule has 0 radical (unpaired) electrons. The number of nitrogens with one attached hydrogen (secondary N) is 1. The average Bonchev–Trinajstić information content (AvgIpc) is 2.80. The van der Waals surface area contributed by atoms with E-state index in [0.717, 1.165) is 11.3 Å². The zero-order valence-electron chi connectivity index (χ0n) is 12.5. The van der Waals surface area contributed by atoms with Crippen LogP contribution in [0.2, 0.25) is 0 Å². The summed E-state index contributed by atoms with van der Waals surface area (Å²) in [7, 11) is 0. The van der Waals surface area contributed by atoms with Gasteiger partial charge in [-0.25, -0.2) is 0 Å². The van der Waals surface area contributed by atoms with E-state index in [1.165, 1.54) is 77.7 Å². The molecule has 0 unspecified atom stereocenters. The van der Waals surface area contributed by atoms with Crippen molar-refractivity contribution in [1.82, 2.24) is 10.2 Å². The van der Waals surface area contributed by atoms with Gasteiger partial charge in [-0.05, 0) is 63.1 Å². The van der Waals surface area contributed by atoms with E-state index in [9.17, 15) is 0 Å². The summed E-state index contributed by atoms with van der Waals surface area (Å²) < 4.78 is 0. The van der Waals surface area contributed by atoms with Crippen LogP contribution >= 0.6 is 0 Å². The smallest absolute Gasteiger partial charge is 0.0107 e. The SMILES string of the molecule is CC(C)CCNCCN1CCC2(CCCC2)CC1. The highest BCUT2D eigenvalue weighted by Crippen LogP contribution is 2.45. The van der Waals surface area contributed by atoms with Crippen molar-refractivity contribution < 1.29 is 0 Å². The van der Waals surface area contributed by atoms with Crippen molar-refractivity contribution in [3.05, 3.63) is 0 Å². The predicted molar refractivity (Wildman–Crippen MR) is 78.9 cm³/mol. The molecule has 2 nitrogen and oxygen atoms in total. The highest BCUT2D eigenvalue weighted by Gasteiger charge is 2.36. The fourth-order valence-electron chi connectivity index (χ4n) is 3.63. The lowest BCUT2D eigenvalue weighted by Crippen LogP contribution is -2.41. The minimum atomic E-state index is 0.779.